The molecule has 0 aliphatic carbocycles. The Morgan fingerprint density at radius 2 is 2.09 bits per heavy atom. The lowest BCUT2D eigenvalue weighted by Crippen LogP contribution is -2.41. The Kier molecular flexibility index (Phi) is 6.20. The zero-order valence-electron chi connectivity index (χ0n) is 13.8. The third-order valence-corrected chi connectivity index (χ3v) is 4.92. The van der Waals surface area contributed by atoms with Crippen LogP contribution < -0.4 is 0 Å². The van der Waals surface area contributed by atoms with Gasteiger partial charge in [0.25, 0.3) is 0 Å². The first-order valence-corrected chi connectivity index (χ1v) is 8.37. The minimum absolute atomic E-state index is 0.0126. The van der Waals surface area contributed by atoms with Crippen molar-refractivity contribution in [3.8, 4) is 0 Å². The zero-order valence-corrected chi connectivity index (χ0v) is 13.8. The molecular weight excluding hydrogens is 282 g/mol. The predicted molar refractivity (Wildman–Crippen MR) is 84.3 cm³/mol. The van der Waals surface area contributed by atoms with Crippen LogP contribution >= 0.6 is 0 Å². The molecule has 0 saturated carbocycles. The summed E-state index contributed by atoms with van der Waals surface area (Å²) in [4.78, 5) is 30.2. The SMILES string of the molecule is CN(C)C1CC(CO)N(C(=O)CCN2CCCCCC2=O)C1. The lowest BCUT2D eigenvalue weighted by atomic mass is 10.1. The van der Waals surface area contributed by atoms with Gasteiger partial charge in [-0.2, -0.15) is 0 Å². The van der Waals surface area contributed by atoms with E-state index in [1.54, 1.807) is 4.90 Å². The molecule has 2 heterocycles. The van der Waals surface area contributed by atoms with Crippen molar-refractivity contribution in [2.24, 2.45) is 0 Å². The average Bonchev–Trinajstić information content (AvgIpc) is 2.83. The Balaban J connectivity index is 1.86. The number of nitrogens with zero attached hydrogens (tertiary/aromatic N) is 3. The standard InChI is InChI=1S/C16H29N3O3/c1-17(2)13-10-14(12-20)19(11-13)16(22)7-9-18-8-5-3-4-6-15(18)21/h13-14,20H,3-12H2,1-2H3. The zero-order chi connectivity index (χ0) is 16.1. The van der Waals surface area contributed by atoms with Gasteiger partial charge >= 0.3 is 0 Å². The maximum atomic E-state index is 12.5. The highest BCUT2D eigenvalue weighted by Crippen LogP contribution is 2.21. The summed E-state index contributed by atoms with van der Waals surface area (Å²) in [6.07, 6.45) is 4.89. The molecule has 2 aliphatic rings. The van der Waals surface area contributed by atoms with Gasteiger partial charge in [0.05, 0.1) is 12.6 Å². The number of aliphatic hydroxyl groups excluding tert-OH is 1. The van der Waals surface area contributed by atoms with Crippen molar-refractivity contribution in [2.75, 3.05) is 40.3 Å². The molecule has 2 aliphatic heterocycles. The monoisotopic (exact) mass is 311 g/mol. The summed E-state index contributed by atoms with van der Waals surface area (Å²) in [5.74, 6) is 0.233. The molecule has 126 valence electrons. The number of carbonyl (C=O) groups excluding carboxylic acids is 2. The maximum absolute atomic E-state index is 12.5. The van der Waals surface area contributed by atoms with Gasteiger partial charge in [-0.25, -0.2) is 0 Å². The summed E-state index contributed by atoms with van der Waals surface area (Å²) >= 11 is 0. The van der Waals surface area contributed by atoms with E-state index in [-0.39, 0.29) is 24.5 Å². The second kappa shape index (κ2) is 7.92. The molecule has 6 nitrogen and oxygen atoms in total. The first-order valence-electron chi connectivity index (χ1n) is 8.37. The van der Waals surface area contributed by atoms with Crippen LogP contribution in [-0.2, 0) is 9.59 Å². The van der Waals surface area contributed by atoms with Crippen LogP contribution in [0.5, 0.6) is 0 Å². The Labute approximate surface area is 133 Å². The van der Waals surface area contributed by atoms with Crippen molar-refractivity contribution in [3.05, 3.63) is 0 Å². The van der Waals surface area contributed by atoms with Gasteiger partial charge in [0.15, 0.2) is 0 Å². The molecule has 2 fully saturated rings. The van der Waals surface area contributed by atoms with Crippen molar-refractivity contribution in [1.29, 1.82) is 0 Å². The molecule has 0 aromatic rings. The van der Waals surface area contributed by atoms with Gasteiger partial charge in [-0.15, -0.1) is 0 Å². The van der Waals surface area contributed by atoms with Crippen LogP contribution in [0.4, 0.5) is 0 Å². The minimum Gasteiger partial charge on any atom is -0.394 e. The van der Waals surface area contributed by atoms with E-state index in [0.717, 1.165) is 32.2 Å². The maximum Gasteiger partial charge on any atom is 0.224 e. The Hall–Kier alpha value is -1.14. The van der Waals surface area contributed by atoms with Crippen molar-refractivity contribution in [2.45, 2.75) is 50.6 Å². The molecule has 2 saturated heterocycles. The molecule has 2 rings (SSSR count). The summed E-state index contributed by atoms with van der Waals surface area (Å²) in [6, 6.07) is 0.223. The van der Waals surface area contributed by atoms with E-state index in [1.807, 2.05) is 19.0 Å². The summed E-state index contributed by atoms with van der Waals surface area (Å²) < 4.78 is 0. The molecule has 0 aromatic heterocycles. The molecule has 1 N–H and O–H groups in total. The topological polar surface area (TPSA) is 64.1 Å². The number of likely N-dealkylation sites (tertiary alicyclic amines) is 2. The van der Waals surface area contributed by atoms with Crippen LogP contribution in [-0.4, -0.2) is 84.0 Å². The summed E-state index contributed by atoms with van der Waals surface area (Å²) in [7, 11) is 4.01. The molecule has 2 amide bonds. The molecule has 2 atom stereocenters. The lowest BCUT2D eigenvalue weighted by Gasteiger charge is -2.26. The van der Waals surface area contributed by atoms with Crippen LogP contribution in [0.3, 0.4) is 0 Å². The fraction of sp³-hybridized carbons (Fsp3) is 0.875. The molecule has 0 bridgehead atoms. The average molecular weight is 311 g/mol. The smallest absolute Gasteiger partial charge is 0.224 e. The molecule has 0 radical (unpaired) electrons. The van der Waals surface area contributed by atoms with Gasteiger partial charge in [0, 0.05) is 38.5 Å². The van der Waals surface area contributed by atoms with Gasteiger partial charge in [-0.1, -0.05) is 6.42 Å². The number of amides is 2. The normalized spacial score (nSPS) is 26.6. The largest absolute Gasteiger partial charge is 0.394 e. The van der Waals surface area contributed by atoms with Crippen LogP contribution in [0.15, 0.2) is 0 Å². The summed E-state index contributed by atoms with van der Waals surface area (Å²) in [6.45, 7) is 1.97. The van der Waals surface area contributed by atoms with Gasteiger partial charge in [0.2, 0.25) is 11.8 Å². The van der Waals surface area contributed by atoms with Gasteiger partial charge in [0.1, 0.15) is 0 Å². The Morgan fingerprint density at radius 1 is 1.32 bits per heavy atom. The Bertz CT molecular complexity index is 400. The second-order valence-electron chi connectivity index (χ2n) is 6.68. The molecular formula is C16H29N3O3. The van der Waals surface area contributed by atoms with Crippen molar-refractivity contribution < 1.29 is 14.7 Å². The van der Waals surface area contributed by atoms with E-state index in [1.165, 1.54) is 0 Å². The van der Waals surface area contributed by atoms with Crippen LogP contribution in [0, 0.1) is 0 Å². The summed E-state index contributed by atoms with van der Waals surface area (Å²) in [5, 5.41) is 9.50. The Morgan fingerprint density at radius 3 is 2.77 bits per heavy atom. The first kappa shape index (κ1) is 17.2. The fourth-order valence-electron chi connectivity index (χ4n) is 3.39. The van der Waals surface area contributed by atoms with E-state index >= 15 is 0 Å². The highest BCUT2D eigenvalue weighted by molar-refractivity contribution is 5.79. The van der Waals surface area contributed by atoms with Crippen LogP contribution in [0.25, 0.3) is 0 Å². The van der Waals surface area contributed by atoms with Crippen LogP contribution in [0.1, 0.15) is 38.5 Å². The molecule has 0 aromatic carbocycles. The van der Waals surface area contributed by atoms with Crippen molar-refractivity contribution >= 4 is 11.8 Å². The minimum atomic E-state index is -0.0836. The van der Waals surface area contributed by atoms with E-state index in [4.69, 9.17) is 0 Å². The van der Waals surface area contributed by atoms with Gasteiger partial charge in [-0.05, 0) is 33.4 Å². The quantitative estimate of drug-likeness (QED) is 0.793. The van der Waals surface area contributed by atoms with E-state index < -0.39 is 0 Å². The highest BCUT2D eigenvalue weighted by atomic mass is 16.3. The van der Waals surface area contributed by atoms with E-state index in [9.17, 15) is 14.7 Å². The number of hydrogen-bond donors (Lipinski definition) is 1. The molecule has 0 spiro atoms. The van der Waals surface area contributed by atoms with E-state index in [0.29, 0.717) is 32.0 Å². The first-order chi connectivity index (χ1) is 10.5. The number of aliphatic hydroxyl groups is 1. The van der Waals surface area contributed by atoms with Gasteiger partial charge in [-0.3, -0.25) is 9.59 Å². The second-order valence-corrected chi connectivity index (χ2v) is 6.68. The molecule has 6 heteroatoms. The van der Waals surface area contributed by atoms with Crippen molar-refractivity contribution in [1.82, 2.24) is 14.7 Å². The predicted octanol–water partition coefficient (Wildman–Crippen LogP) is 0.303. The van der Waals surface area contributed by atoms with E-state index in [2.05, 4.69) is 4.90 Å². The highest BCUT2D eigenvalue weighted by Gasteiger charge is 2.35. The van der Waals surface area contributed by atoms with Gasteiger partial charge < -0.3 is 19.8 Å². The third-order valence-electron chi connectivity index (χ3n) is 4.92. The molecule has 2 unspecified atom stereocenters. The number of likely N-dealkylation sites (N-methyl/N-ethyl adjacent to an activating group) is 1. The number of carbonyl (C=O) groups is 2. The third kappa shape index (κ3) is 4.20. The van der Waals surface area contributed by atoms with Crippen molar-refractivity contribution in [3.63, 3.8) is 0 Å². The lowest BCUT2D eigenvalue weighted by molar-refractivity contribution is -0.135. The summed E-state index contributed by atoms with van der Waals surface area (Å²) in [5.41, 5.74) is 0. The van der Waals surface area contributed by atoms with Crippen LogP contribution in [0.2, 0.25) is 0 Å². The fourth-order valence-corrected chi connectivity index (χ4v) is 3.39. The molecule has 22 heavy (non-hydrogen) atoms. The number of rotatable bonds is 5. The number of hydrogen-bond acceptors (Lipinski definition) is 4.